The predicted molar refractivity (Wildman–Crippen MR) is 95.0 cm³/mol. The van der Waals surface area contributed by atoms with Gasteiger partial charge in [0, 0.05) is 31.5 Å². The van der Waals surface area contributed by atoms with Gasteiger partial charge in [0.2, 0.25) is 6.79 Å². The molecule has 1 N–H and O–H groups in total. The first-order valence-electron chi connectivity index (χ1n) is 8.93. The summed E-state index contributed by atoms with van der Waals surface area (Å²) in [7, 11) is 0. The van der Waals surface area contributed by atoms with Gasteiger partial charge >= 0.3 is 0 Å². The Morgan fingerprint density at radius 2 is 1.78 bits per heavy atom. The lowest BCUT2D eigenvalue weighted by atomic mass is 9.96. The lowest BCUT2D eigenvalue weighted by Crippen LogP contribution is -2.61. The Morgan fingerprint density at radius 3 is 2.63 bits per heavy atom. The van der Waals surface area contributed by atoms with Crippen LogP contribution < -0.4 is 19.5 Å². The molecule has 5 rings (SSSR count). The van der Waals surface area contributed by atoms with Crippen LogP contribution in [0.25, 0.3) is 0 Å². The van der Waals surface area contributed by atoms with Crippen molar-refractivity contribution in [3.05, 3.63) is 53.6 Å². The Hall–Kier alpha value is -3.22. The number of fused-ring (bicyclic) bond motifs is 2. The van der Waals surface area contributed by atoms with Gasteiger partial charge in [-0.3, -0.25) is 9.59 Å². The number of nitrogens with one attached hydrogen (secondary N) is 1. The Balaban J connectivity index is 1.30. The summed E-state index contributed by atoms with van der Waals surface area (Å²) >= 11 is 0. The highest BCUT2D eigenvalue weighted by Crippen LogP contribution is 2.35. The van der Waals surface area contributed by atoms with E-state index in [2.05, 4.69) is 5.32 Å². The van der Waals surface area contributed by atoms with Crippen LogP contribution in [0.3, 0.4) is 0 Å². The normalized spacial score (nSPS) is 19.3. The molecule has 7 nitrogen and oxygen atoms in total. The highest BCUT2D eigenvalue weighted by Gasteiger charge is 2.43. The second kappa shape index (κ2) is 5.90. The molecule has 0 atom stereocenters. The maximum absolute atomic E-state index is 12.8. The van der Waals surface area contributed by atoms with Gasteiger partial charge in [0.1, 0.15) is 5.75 Å². The van der Waals surface area contributed by atoms with Gasteiger partial charge in [0.05, 0.1) is 5.56 Å². The number of amides is 2. The van der Waals surface area contributed by atoms with Gasteiger partial charge in [-0.25, -0.2) is 0 Å². The van der Waals surface area contributed by atoms with Crippen molar-refractivity contribution >= 4 is 11.8 Å². The zero-order valence-corrected chi connectivity index (χ0v) is 14.6. The molecule has 3 heterocycles. The van der Waals surface area contributed by atoms with Gasteiger partial charge in [0.15, 0.2) is 17.2 Å². The van der Waals surface area contributed by atoms with Crippen molar-refractivity contribution in [2.75, 3.05) is 19.9 Å². The minimum absolute atomic E-state index is 0.0642. The molecule has 0 aromatic heterocycles. The maximum atomic E-state index is 12.8. The third-order valence-corrected chi connectivity index (χ3v) is 5.26. The molecule has 0 unspecified atom stereocenters. The first kappa shape index (κ1) is 16.0. The van der Waals surface area contributed by atoms with Crippen LogP contribution in [0.2, 0.25) is 0 Å². The van der Waals surface area contributed by atoms with Crippen molar-refractivity contribution in [2.45, 2.75) is 18.6 Å². The molecule has 2 aromatic carbocycles. The minimum atomic E-state index is -0.753. The van der Waals surface area contributed by atoms with Crippen molar-refractivity contribution in [1.82, 2.24) is 10.2 Å². The molecule has 0 saturated carbocycles. The molecule has 1 fully saturated rings. The highest BCUT2D eigenvalue weighted by atomic mass is 16.7. The number of carbonyl (C=O) groups excluding carboxylic acids is 2. The van der Waals surface area contributed by atoms with E-state index in [1.165, 1.54) is 0 Å². The number of piperidine rings is 1. The standard InChI is InChI=1S/C20H18N2O5/c23-18-14-3-1-2-4-15(14)27-20(21-18)7-9-22(10-8-20)19(24)13-5-6-16-17(11-13)26-12-25-16/h1-6,11H,7-10,12H2,(H,21,23). The Kier molecular flexibility index (Phi) is 3.50. The van der Waals surface area contributed by atoms with Gasteiger partial charge in [-0.1, -0.05) is 12.1 Å². The van der Waals surface area contributed by atoms with E-state index in [1.807, 2.05) is 12.1 Å². The van der Waals surface area contributed by atoms with Gasteiger partial charge < -0.3 is 24.4 Å². The summed E-state index contributed by atoms with van der Waals surface area (Å²) in [5.41, 5.74) is 0.355. The lowest BCUT2D eigenvalue weighted by molar-refractivity contribution is -0.0245. The van der Waals surface area contributed by atoms with Crippen molar-refractivity contribution in [3.8, 4) is 17.2 Å². The fourth-order valence-corrected chi connectivity index (χ4v) is 3.76. The third-order valence-electron chi connectivity index (χ3n) is 5.26. The monoisotopic (exact) mass is 366 g/mol. The third kappa shape index (κ3) is 2.66. The molecule has 27 heavy (non-hydrogen) atoms. The number of hydrogen-bond acceptors (Lipinski definition) is 5. The van der Waals surface area contributed by atoms with E-state index in [9.17, 15) is 9.59 Å². The summed E-state index contributed by atoms with van der Waals surface area (Å²) in [5.74, 6) is 1.64. The van der Waals surface area contributed by atoms with Gasteiger partial charge in [0.25, 0.3) is 11.8 Å². The number of para-hydroxylation sites is 1. The molecule has 3 aliphatic heterocycles. The summed E-state index contributed by atoms with van der Waals surface area (Å²) in [6.07, 6.45) is 1.06. The number of likely N-dealkylation sites (tertiary alicyclic amines) is 1. The fraction of sp³-hybridized carbons (Fsp3) is 0.300. The van der Waals surface area contributed by atoms with Crippen molar-refractivity contribution < 1.29 is 23.8 Å². The average molecular weight is 366 g/mol. The van der Waals surface area contributed by atoms with Gasteiger partial charge in [-0.15, -0.1) is 0 Å². The first-order chi connectivity index (χ1) is 13.1. The predicted octanol–water partition coefficient (Wildman–Crippen LogP) is 2.17. The topological polar surface area (TPSA) is 77.1 Å². The molecule has 2 amide bonds. The van der Waals surface area contributed by atoms with Crippen LogP contribution in [-0.2, 0) is 0 Å². The fourth-order valence-electron chi connectivity index (χ4n) is 3.76. The SMILES string of the molecule is O=C1NC2(CCN(C(=O)c3ccc4c(c3)OCO4)CC2)Oc2ccccc21. The summed E-state index contributed by atoms with van der Waals surface area (Å²) in [4.78, 5) is 27.0. The summed E-state index contributed by atoms with van der Waals surface area (Å²) in [6, 6.07) is 12.4. The number of nitrogens with zero attached hydrogens (tertiary/aromatic N) is 1. The second-order valence-corrected chi connectivity index (χ2v) is 6.91. The van der Waals surface area contributed by atoms with Crippen molar-refractivity contribution in [2.24, 2.45) is 0 Å². The zero-order chi connectivity index (χ0) is 18.4. The Labute approximate surface area is 155 Å². The van der Waals surface area contributed by atoms with Crippen LogP contribution in [0.15, 0.2) is 42.5 Å². The Bertz CT molecular complexity index is 934. The molecule has 3 aliphatic rings. The molecule has 0 radical (unpaired) electrons. The number of rotatable bonds is 1. The quantitative estimate of drug-likeness (QED) is 0.837. The van der Waals surface area contributed by atoms with E-state index in [0.29, 0.717) is 54.3 Å². The van der Waals surface area contributed by atoms with Crippen LogP contribution in [-0.4, -0.2) is 42.3 Å². The molecule has 7 heteroatoms. The molecule has 0 bridgehead atoms. The molecule has 1 saturated heterocycles. The van der Waals surface area contributed by atoms with Crippen LogP contribution in [0.1, 0.15) is 33.6 Å². The summed E-state index contributed by atoms with van der Waals surface area (Å²) < 4.78 is 16.8. The Morgan fingerprint density at radius 1 is 1.00 bits per heavy atom. The summed E-state index contributed by atoms with van der Waals surface area (Å²) in [6.45, 7) is 1.17. The van der Waals surface area contributed by atoms with Gasteiger partial charge in [-0.05, 0) is 30.3 Å². The minimum Gasteiger partial charge on any atom is -0.467 e. The molecular formula is C20H18N2O5. The van der Waals surface area contributed by atoms with E-state index in [-0.39, 0.29) is 18.6 Å². The van der Waals surface area contributed by atoms with E-state index in [0.717, 1.165) is 0 Å². The van der Waals surface area contributed by atoms with Crippen molar-refractivity contribution in [3.63, 3.8) is 0 Å². The van der Waals surface area contributed by atoms with Crippen LogP contribution in [0.4, 0.5) is 0 Å². The van der Waals surface area contributed by atoms with Crippen LogP contribution in [0, 0.1) is 0 Å². The molecule has 138 valence electrons. The van der Waals surface area contributed by atoms with Crippen LogP contribution >= 0.6 is 0 Å². The molecular weight excluding hydrogens is 348 g/mol. The molecule has 0 aliphatic carbocycles. The highest BCUT2D eigenvalue weighted by molar-refractivity contribution is 5.98. The van der Waals surface area contributed by atoms with Crippen molar-refractivity contribution in [1.29, 1.82) is 0 Å². The second-order valence-electron chi connectivity index (χ2n) is 6.91. The molecule has 1 spiro atoms. The van der Waals surface area contributed by atoms with E-state index in [4.69, 9.17) is 14.2 Å². The largest absolute Gasteiger partial charge is 0.467 e. The lowest BCUT2D eigenvalue weighted by Gasteiger charge is -2.44. The number of benzene rings is 2. The van der Waals surface area contributed by atoms with E-state index in [1.54, 1.807) is 35.2 Å². The van der Waals surface area contributed by atoms with E-state index < -0.39 is 5.72 Å². The smallest absolute Gasteiger partial charge is 0.258 e. The van der Waals surface area contributed by atoms with Gasteiger partial charge in [-0.2, -0.15) is 0 Å². The average Bonchev–Trinajstić information content (AvgIpc) is 3.16. The maximum Gasteiger partial charge on any atom is 0.258 e. The number of carbonyl (C=O) groups is 2. The van der Waals surface area contributed by atoms with E-state index >= 15 is 0 Å². The summed E-state index contributed by atoms with van der Waals surface area (Å²) in [5, 5.41) is 2.99. The van der Waals surface area contributed by atoms with Crippen LogP contribution in [0.5, 0.6) is 17.2 Å². The zero-order valence-electron chi connectivity index (χ0n) is 14.6. The molecule has 2 aromatic rings. The number of hydrogen-bond donors (Lipinski definition) is 1. The number of ether oxygens (including phenoxy) is 3. The first-order valence-corrected chi connectivity index (χ1v) is 8.93.